The van der Waals surface area contributed by atoms with Crippen LogP contribution in [0.15, 0.2) is 72.9 Å². The van der Waals surface area contributed by atoms with Gasteiger partial charge in [-0.05, 0) is 70.6 Å². The Balaban J connectivity index is 4.25. The Bertz CT molecular complexity index is 1420. The number of carbonyl (C=O) groups excluding carboxylic acids is 3. The minimum Gasteiger partial charge on any atom is -0.462 e. The van der Waals surface area contributed by atoms with Crippen LogP contribution in [0.4, 0.5) is 0 Å². The van der Waals surface area contributed by atoms with Crippen molar-refractivity contribution in [3.8, 4) is 0 Å². The second kappa shape index (κ2) is 65.4. The van der Waals surface area contributed by atoms with Crippen LogP contribution in [0.2, 0.25) is 0 Å². The van der Waals surface area contributed by atoms with E-state index in [1.54, 1.807) is 0 Å². The van der Waals surface area contributed by atoms with E-state index in [1.165, 1.54) is 199 Å². The number of carbonyl (C=O) groups is 3. The maximum absolute atomic E-state index is 12.9. The normalized spacial score (nSPS) is 12.5. The van der Waals surface area contributed by atoms with E-state index in [-0.39, 0.29) is 31.1 Å². The molecule has 1 unspecified atom stereocenters. The Morgan fingerprint density at radius 3 is 0.792 bits per heavy atom. The number of hydrogen-bond donors (Lipinski definition) is 0. The van der Waals surface area contributed by atoms with Crippen molar-refractivity contribution in [2.75, 3.05) is 13.2 Å². The standard InChI is InChI=1S/C71H126O6/c1-4-7-10-13-16-19-22-24-26-28-30-32-33-34-35-36-37-39-40-42-44-46-49-52-55-58-61-64-70(73)76-67-68(66-75-69(72)63-60-57-54-51-48-21-18-15-12-9-6-3)77-71(74)65-62-59-56-53-50-47-45-43-41-38-31-29-27-25-23-20-17-14-11-8-5-2/h7,10,16,19,24,26,30,32,34-35,37,39,68H,4-6,8-9,11-15,17-18,20-23,25,27-29,31,33,36,38,40-67H2,1-3H3/b10-7-,19-16-,26-24-,32-30-,35-34-,39-37-. The van der Waals surface area contributed by atoms with Crippen molar-refractivity contribution in [2.24, 2.45) is 0 Å². The van der Waals surface area contributed by atoms with Crippen LogP contribution in [0.25, 0.3) is 0 Å². The summed E-state index contributed by atoms with van der Waals surface area (Å²) in [6.07, 6.45) is 84.9. The van der Waals surface area contributed by atoms with Crippen LogP contribution in [0, 0.1) is 0 Å². The Hall–Kier alpha value is -3.15. The first-order valence-corrected chi connectivity index (χ1v) is 33.4. The third-order valence-corrected chi connectivity index (χ3v) is 14.7. The predicted octanol–water partition coefficient (Wildman–Crippen LogP) is 22.9. The van der Waals surface area contributed by atoms with E-state index in [4.69, 9.17) is 14.2 Å². The highest BCUT2D eigenvalue weighted by atomic mass is 16.6. The van der Waals surface area contributed by atoms with Crippen LogP contribution in [0.5, 0.6) is 0 Å². The number of allylic oxidation sites excluding steroid dienone is 12. The smallest absolute Gasteiger partial charge is 0.306 e. The van der Waals surface area contributed by atoms with Gasteiger partial charge < -0.3 is 14.2 Å². The number of rotatable bonds is 61. The lowest BCUT2D eigenvalue weighted by Gasteiger charge is -2.18. The van der Waals surface area contributed by atoms with Gasteiger partial charge in [0.05, 0.1) is 0 Å². The molecule has 1 atom stereocenters. The Morgan fingerprint density at radius 2 is 0.506 bits per heavy atom. The van der Waals surface area contributed by atoms with Gasteiger partial charge in [0, 0.05) is 19.3 Å². The van der Waals surface area contributed by atoms with Gasteiger partial charge in [0.25, 0.3) is 0 Å². The van der Waals surface area contributed by atoms with Crippen LogP contribution < -0.4 is 0 Å². The van der Waals surface area contributed by atoms with Gasteiger partial charge >= 0.3 is 17.9 Å². The molecule has 0 fully saturated rings. The molecule has 6 nitrogen and oxygen atoms in total. The fourth-order valence-electron chi connectivity index (χ4n) is 9.74. The molecule has 0 aromatic heterocycles. The lowest BCUT2D eigenvalue weighted by atomic mass is 10.0. The van der Waals surface area contributed by atoms with E-state index in [0.29, 0.717) is 19.3 Å². The molecule has 0 saturated heterocycles. The number of hydrogen-bond acceptors (Lipinski definition) is 6. The molecule has 0 rings (SSSR count). The van der Waals surface area contributed by atoms with Crippen molar-refractivity contribution in [3.05, 3.63) is 72.9 Å². The van der Waals surface area contributed by atoms with Crippen molar-refractivity contribution in [2.45, 2.75) is 348 Å². The minimum absolute atomic E-state index is 0.0728. The summed E-state index contributed by atoms with van der Waals surface area (Å²) >= 11 is 0. The maximum atomic E-state index is 12.9. The molecule has 0 spiro atoms. The van der Waals surface area contributed by atoms with Crippen molar-refractivity contribution in [1.82, 2.24) is 0 Å². The molecule has 0 saturated carbocycles. The summed E-state index contributed by atoms with van der Waals surface area (Å²) in [6, 6.07) is 0. The summed E-state index contributed by atoms with van der Waals surface area (Å²) < 4.78 is 16.9. The van der Waals surface area contributed by atoms with Crippen LogP contribution in [-0.2, 0) is 28.6 Å². The number of esters is 3. The second-order valence-corrected chi connectivity index (χ2v) is 22.4. The first-order chi connectivity index (χ1) is 38.0. The van der Waals surface area contributed by atoms with Crippen LogP contribution in [-0.4, -0.2) is 37.2 Å². The molecule has 0 heterocycles. The third-order valence-electron chi connectivity index (χ3n) is 14.7. The van der Waals surface area contributed by atoms with Crippen LogP contribution in [0.3, 0.4) is 0 Å². The first-order valence-electron chi connectivity index (χ1n) is 33.4. The van der Waals surface area contributed by atoms with E-state index in [0.717, 1.165) is 103 Å². The zero-order chi connectivity index (χ0) is 55.7. The lowest BCUT2D eigenvalue weighted by Crippen LogP contribution is -2.30. The lowest BCUT2D eigenvalue weighted by molar-refractivity contribution is -0.167. The summed E-state index contributed by atoms with van der Waals surface area (Å²) in [7, 11) is 0. The summed E-state index contributed by atoms with van der Waals surface area (Å²) in [5.41, 5.74) is 0. The molecular weight excluding hydrogens is 949 g/mol. The predicted molar refractivity (Wildman–Crippen MR) is 335 cm³/mol. The van der Waals surface area contributed by atoms with Gasteiger partial charge in [-0.25, -0.2) is 0 Å². The van der Waals surface area contributed by atoms with Gasteiger partial charge in [0.2, 0.25) is 0 Å². The van der Waals surface area contributed by atoms with Crippen LogP contribution >= 0.6 is 0 Å². The minimum atomic E-state index is -0.776. The fraction of sp³-hybridized carbons (Fsp3) is 0.789. The fourth-order valence-corrected chi connectivity index (χ4v) is 9.74. The molecule has 0 aliphatic carbocycles. The molecule has 0 aliphatic rings. The maximum Gasteiger partial charge on any atom is 0.306 e. The van der Waals surface area contributed by atoms with E-state index >= 15 is 0 Å². The summed E-state index contributed by atoms with van der Waals surface area (Å²) in [5.74, 6) is -0.862. The molecule has 0 aromatic rings. The molecule has 6 heteroatoms. The summed E-state index contributed by atoms with van der Waals surface area (Å²) in [5, 5.41) is 0. The van der Waals surface area contributed by atoms with Gasteiger partial charge in [0.15, 0.2) is 6.10 Å². The molecule has 0 aliphatic heterocycles. The summed E-state index contributed by atoms with van der Waals surface area (Å²) in [6.45, 7) is 6.56. The zero-order valence-corrected chi connectivity index (χ0v) is 51.2. The Labute approximate surface area is 478 Å². The average Bonchev–Trinajstić information content (AvgIpc) is 3.43. The molecule has 0 amide bonds. The van der Waals surface area contributed by atoms with Crippen molar-refractivity contribution >= 4 is 17.9 Å². The number of ether oxygens (including phenoxy) is 3. The summed E-state index contributed by atoms with van der Waals surface area (Å²) in [4.78, 5) is 38.3. The monoisotopic (exact) mass is 1070 g/mol. The van der Waals surface area contributed by atoms with Crippen LogP contribution in [0.1, 0.15) is 342 Å². The zero-order valence-electron chi connectivity index (χ0n) is 51.2. The van der Waals surface area contributed by atoms with Gasteiger partial charge in [-0.1, -0.05) is 325 Å². The highest BCUT2D eigenvalue weighted by Gasteiger charge is 2.19. The molecule has 0 N–H and O–H groups in total. The molecule has 446 valence electrons. The number of unbranched alkanes of at least 4 members (excludes halogenated alkanes) is 38. The second-order valence-electron chi connectivity index (χ2n) is 22.4. The van der Waals surface area contributed by atoms with E-state index in [1.807, 2.05) is 0 Å². The molecule has 0 bridgehead atoms. The largest absolute Gasteiger partial charge is 0.462 e. The SMILES string of the molecule is CC/C=C\C/C=C\C/C=C\C/C=C\C/C=C\C/C=C\CCCCCCCCCCC(=O)OCC(COC(=O)CCCCCCCCCCCCC)OC(=O)CCCCCCCCCCCCCCCCCCCCCCC. The van der Waals surface area contributed by atoms with Gasteiger partial charge in [0.1, 0.15) is 13.2 Å². The molecule has 77 heavy (non-hydrogen) atoms. The Morgan fingerprint density at radius 1 is 0.273 bits per heavy atom. The van der Waals surface area contributed by atoms with Crippen molar-refractivity contribution in [3.63, 3.8) is 0 Å². The van der Waals surface area contributed by atoms with E-state index in [9.17, 15) is 14.4 Å². The van der Waals surface area contributed by atoms with Gasteiger partial charge in [-0.3, -0.25) is 14.4 Å². The van der Waals surface area contributed by atoms with E-state index in [2.05, 4.69) is 93.7 Å². The molecule has 0 aromatic carbocycles. The van der Waals surface area contributed by atoms with Gasteiger partial charge in [-0.2, -0.15) is 0 Å². The Kier molecular flexibility index (Phi) is 62.7. The average molecular weight is 1080 g/mol. The molecular formula is C71H126O6. The highest BCUT2D eigenvalue weighted by molar-refractivity contribution is 5.71. The third kappa shape index (κ3) is 63.6. The van der Waals surface area contributed by atoms with Crippen molar-refractivity contribution < 1.29 is 28.6 Å². The molecule has 0 radical (unpaired) electrons. The quantitative estimate of drug-likeness (QED) is 0.0261. The topological polar surface area (TPSA) is 78.9 Å². The first kappa shape index (κ1) is 73.8. The van der Waals surface area contributed by atoms with E-state index < -0.39 is 6.10 Å². The highest BCUT2D eigenvalue weighted by Crippen LogP contribution is 2.18. The van der Waals surface area contributed by atoms with Gasteiger partial charge in [-0.15, -0.1) is 0 Å². The van der Waals surface area contributed by atoms with Crippen molar-refractivity contribution in [1.29, 1.82) is 0 Å².